The van der Waals surface area contributed by atoms with E-state index in [2.05, 4.69) is 27.5 Å². The van der Waals surface area contributed by atoms with Crippen molar-refractivity contribution in [3.05, 3.63) is 21.9 Å². The van der Waals surface area contributed by atoms with Crippen molar-refractivity contribution < 1.29 is 5.11 Å². The Labute approximate surface area is 108 Å². The molecule has 17 heavy (non-hydrogen) atoms. The lowest BCUT2D eigenvalue weighted by atomic mass is 10.5. The topological polar surface area (TPSA) is 63.8 Å². The lowest BCUT2D eigenvalue weighted by Crippen LogP contribution is -1.98. The highest BCUT2D eigenvalue weighted by atomic mass is 32.2. The Morgan fingerprint density at radius 3 is 2.88 bits per heavy atom. The zero-order valence-electron chi connectivity index (χ0n) is 9.75. The zero-order chi connectivity index (χ0) is 12.3. The fourth-order valence-corrected chi connectivity index (χ4v) is 3.00. The smallest absolute Gasteiger partial charge is 0.191 e. The van der Waals surface area contributed by atoms with Gasteiger partial charge >= 0.3 is 0 Å². The van der Waals surface area contributed by atoms with Crippen LogP contribution in [0.5, 0.6) is 0 Å². The standard InChI is InChI=1S/C10H14N4OS2/c1-3-9-11-7(5-16-9)6-17-10-13-12-8(4-15)14(10)2/h5,15H,3-4,6H2,1-2H3. The molecule has 0 aliphatic heterocycles. The summed E-state index contributed by atoms with van der Waals surface area (Å²) in [4.78, 5) is 4.49. The third-order valence-electron chi connectivity index (χ3n) is 2.32. The second-order valence-electron chi connectivity index (χ2n) is 3.49. The summed E-state index contributed by atoms with van der Waals surface area (Å²) in [6.45, 7) is 2.02. The second-order valence-corrected chi connectivity index (χ2v) is 5.38. The molecule has 0 unspecified atom stereocenters. The summed E-state index contributed by atoms with van der Waals surface area (Å²) in [7, 11) is 1.85. The first-order valence-corrected chi connectivity index (χ1v) is 7.16. The average Bonchev–Trinajstić information content (AvgIpc) is 2.93. The highest BCUT2D eigenvalue weighted by Gasteiger charge is 2.09. The molecule has 0 saturated heterocycles. The third kappa shape index (κ3) is 2.85. The van der Waals surface area contributed by atoms with Gasteiger partial charge in [-0.1, -0.05) is 18.7 Å². The maximum Gasteiger partial charge on any atom is 0.191 e. The number of aryl methyl sites for hydroxylation is 1. The van der Waals surface area contributed by atoms with Crippen LogP contribution >= 0.6 is 23.1 Å². The largest absolute Gasteiger partial charge is 0.388 e. The van der Waals surface area contributed by atoms with Gasteiger partial charge in [-0.3, -0.25) is 0 Å². The molecule has 0 radical (unpaired) electrons. The molecule has 1 N–H and O–H groups in total. The van der Waals surface area contributed by atoms with Crippen molar-refractivity contribution >= 4 is 23.1 Å². The molecule has 2 rings (SSSR count). The molecule has 92 valence electrons. The van der Waals surface area contributed by atoms with Crippen LogP contribution in [0.1, 0.15) is 23.4 Å². The van der Waals surface area contributed by atoms with E-state index >= 15 is 0 Å². The number of nitrogens with zero attached hydrogens (tertiary/aromatic N) is 4. The number of rotatable bonds is 5. The Morgan fingerprint density at radius 2 is 2.29 bits per heavy atom. The molecule has 0 aliphatic rings. The van der Waals surface area contributed by atoms with Crippen molar-refractivity contribution in [2.24, 2.45) is 7.05 Å². The van der Waals surface area contributed by atoms with E-state index in [0.717, 1.165) is 28.0 Å². The molecule has 0 aromatic carbocycles. The number of aliphatic hydroxyl groups is 1. The molecule has 2 aromatic rings. The molecule has 0 spiro atoms. The molecular weight excluding hydrogens is 256 g/mol. The fraction of sp³-hybridized carbons (Fsp3) is 0.500. The fourth-order valence-electron chi connectivity index (χ4n) is 1.32. The molecule has 0 fully saturated rings. The number of aromatic nitrogens is 4. The van der Waals surface area contributed by atoms with E-state index in [1.54, 1.807) is 27.7 Å². The second kappa shape index (κ2) is 5.61. The number of thioether (sulfide) groups is 1. The van der Waals surface area contributed by atoms with E-state index in [1.807, 2.05) is 7.05 Å². The minimum absolute atomic E-state index is 0.0826. The summed E-state index contributed by atoms with van der Waals surface area (Å²) in [5.41, 5.74) is 1.07. The first-order valence-electron chi connectivity index (χ1n) is 5.29. The van der Waals surface area contributed by atoms with Gasteiger partial charge in [0.15, 0.2) is 11.0 Å². The van der Waals surface area contributed by atoms with Gasteiger partial charge in [-0.25, -0.2) is 4.98 Å². The first-order chi connectivity index (χ1) is 8.24. The molecule has 2 heterocycles. The van der Waals surface area contributed by atoms with Gasteiger partial charge in [0.1, 0.15) is 6.61 Å². The number of hydrogen-bond acceptors (Lipinski definition) is 6. The van der Waals surface area contributed by atoms with Gasteiger partial charge in [0.25, 0.3) is 0 Å². The maximum atomic E-state index is 9.01. The van der Waals surface area contributed by atoms with E-state index in [-0.39, 0.29) is 6.61 Å². The Bertz CT molecular complexity index is 494. The summed E-state index contributed by atoms with van der Waals surface area (Å²) in [5.74, 6) is 1.37. The van der Waals surface area contributed by atoms with Crippen molar-refractivity contribution in [2.75, 3.05) is 0 Å². The highest BCUT2D eigenvalue weighted by Crippen LogP contribution is 2.22. The maximum absolute atomic E-state index is 9.01. The van der Waals surface area contributed by atoms with Crippen molar-refractivity contribution in [1.29, 1.82) is 0 Å². The third-order valence-corrected chi connectivity index (χ3v) is 4.41. The van der Waals surface area contributed by atoms with E-state index in [4.69, 9.17) is 5.11 Å². The summed E-state index contributed by atoms with van der Waals surface area (Å²) in [5, 5.41) is 21.0. The summed E-state index contributed by atoms with van der Waals surface area (Å²) >= 11 is 3.27. The molecule has 0 saturated carbocycles. The van der Waals surface area contributed by atoms with E-state index in [9.17, 15) is 0 Å². The van der Waals surface area contributed by atoms with E-state index in [0.29, 0.717) is 5.82 Å². The number of aliphatic hydroxyl groups excluding tert-OH is 1. The first kappa shape index (κ1) is 12.5. The Hall–Kier alpha value is -0.920. The van der Waals surface area contributed by atoms with Crippen molar-refractivity contribution in [3.8, 4) is 0 Å². The predicted molar refractivity (Wildman–Crippen MR) is 68.0 cm³/mol. The van der Waals surface area contributed by atoms with Crippen LogP contribution in [0, 0.1) is 0 Å². The van der Waals surface area contributed by atoms with Crippen molar-refractivity contribution in [3.63, 3.8) is 0 Å². The lowest BCUT2D eigenvalue weighted by molar-refractivity contribution is 0.266. The molecule has 7 heteroatoms. The Morgan fingerprint density at radius 1 is 1.47 bits per heavy atom. The van der Waals surface area contributed by atoms with E-state index < -0.39 is 0 Å². The van der Waals surface area contributed by atoms with E-state index in [1.165, 1.54) is 0 Å². The van der Waals surface area contributed by atoms with Crippen LogP contribution in [-0.4, -0.2) is 24.9 Å². The number of thiazole rings is 1. The van der Waals surface area contributed by atoms with Crippen LogP contribution in [0.4, 0.5) is 0 Å². The lowest BCUT2D eigenvalue weighted by Gasteiger charge is -2.00. The quantitative estimate of drug-likeness (QED) is 0.836. The van der Waals surface area contributed by atoms with Gasteiger partial charge in [-0.15, -0.1) is 21.5 Å². The van der Waals surface area contributed by atoms with Gasteiger partial charge in [0.05, 0.1) is 10.7 Å². The highest BCUT2D eigenvalue weighted by molar-refractivity contribution is 7.98. The predicted octanol–water partition coefficient (Wildman–Crippen LogP) is 1.62. The molecule has 2 aromatic heterocycles. The Kier molecular flexibility index (Phi) is 4.14. The Balaban J connectivity index is 1.99. The van der Waals surface area contributed by atoms with Crippen LogP contribution in [0.2, 0.25) is 0 Å². The molecular formula is C10H14N4OS2. The van der Waals surface area contributed by atoms with Crippen LogP contribution < -0.4 is 0 Å². The average molecular weight is 270 g/mol. The summed E-state index contributed by atoms with van der Waals surface area (Å²) in [6, 6.07) is 0. The van der Waals surface area contributed by atoms with Gasteiger partial charge in [0.2, 0.25) is 0 Å². The summed E-state index contributed by atoms with van der Waals surface area (Å²) < 4.78 is 1.80. The molecule has 0 aliphatic carbocycles. The normalized spacial score (nSPS) is 11.0. The van der Waals surface area contributed by atoms with Crippen LogP contribution in [0.3, 0.4) is 0 Å². The summed E-state index contributed by atoms with van der Waals surface area (Å²) in [6.07, 6.45) is 0.980. The monoisotopic (exact) mass is 270 g/mol. The van der Waals surface area contributed by atoms with Crippen molar-refractivity contribution in [1.82, 2.24) is 19.7 Å². The molecule has 0 bridgehead atoms. The number of hydrogen-bond donors (Lipinski definition) is 1. The molecule has 5 nitrogen and oxygen atoms in total. The van der Waals surface area contributed by atoms with Crippen molar-refractivity contribution in [2.45, 2.75) is 30.9 Å². The zero-order valence-corrected chi connectivity index (χ0v) is 11.4. The minimum Gasteiger partial charge on any atom is -0.388 e. The van der Waals surface area contributed by atoms with Crippen LogP contribution in [-0.2, 0) is 25.8 Å². The SMILES string of the molecule is CCc1nc(CSc2nnc(CO)n2C)cs1. The van der Waals surface area contributed by atoms with Crippen LogP contribution in [0.15, 0.2) is 10.5 Å². The molecule has 0 amide bonds. The van der Waals surface area contributed by atoms with Gasteiger partial charge < -0.3 is 9.67 Å². The van der Waals surface area contributed by atoms with Gasteiger partial charge in [-0.2, -0.15) is 0 Å². The molecule has 0 atom stereocenters. The minimum atomic E-state index is -0.0826. The van der Waals surface area contributed by atoms with Gasteiger partial charge in [-0.05, 0) is 6.42 Å². The van der Waals surface area contributed by atoms with Crippen LogP contribution in [0.25, 0.3) is 0 Å². The van der Waals surface area contributed by atoms with Gasteiger partial charge in [0, 0.05) is 18.2 Å².